The van der Waals surface area contributed by atoms with Crippen LogP contribution in [0.25, 0.3) is 0 Å². The molecular weight excluding hydrogens is 236 g/mol. The third-order valence-electron chi connectivity index (χ3n) is 3.68. The lowest BCUT2D eigenvalue weighted by Crippen LogP contribution is -2.49. The van der Waals surface area contributed by atoms with Crippen molar-refractivity contribution in [2.45, 2.75) is 31.8 Å². The Morgan fingerprint density at radius 1 is 1.44 bits per heavy atom. The summed E-state index contributed by atoms with van der Waals surface area (Å²) in [5.41, 5.74) is 0. The third-order valence-corrected chi connectivity index (χ3v) is 3.68. The molecule has 0 aromatic rings. The van der Waals surface area contributed by atoms with Crippen molar-refractivity contribution >= 4 is 11.9 Å². The molecule has 18 heavy (non-hydrogen) atoms. The summed E-state index contributed by atoms with van der Waals surface area (Å²) in [6.07, 6.45) is 1.32. The number of aliphatic carboxylic acids is 1. The van der Waals surface area contributed by atoms with E-state index in [2.05, 4.69) is 5.32 Å². The number of likely N-dealkylation sites (tertiary alicyclic amines) is 1. The Bertz CT molecular complexity index is 334. The lowest BCUT2D eigenvalue weighted by atomic mass is 10.0. The van der Waals surface area contributed by atoms with Gasteiger partial charge in [0.1, 0.15) is 6.04 Å². The van der Waals surface area contributed by atoms with Crippen LogP contribution in [0.3, 0.4) is 0 Å². The van der Waals surface area contributed by atoms with Gasteiger partial charge in [0, 0.05) is 12.6 Å². The number of likely N-dealkylation sites (N-methyl/N-ethyl adjacent to an activating group) is 1. The summed E-state index contributed by atoms with van der Waals surface area (Å²) in [4.78, 5) is 25.0. The molecule has 0 aromatic heterocycles. The number of hydrogen-bond donors (Lipinski definition) is 2. The van der Waals surface area contributed by atoms with Crippen molar-refractivity contribution in [3.8, 4) is 0 Å². The molecular formula is C12H20N2O4. The average Bonchev–Trinajstić information content (AvgIpc) is 2.96. The van der Waals surface area contributed by atoms with Crippen LogP contribution >= 0.6 is 0 Å². The van der Waals surface area contributed by atoms with Crippen molar-refractivity contribution < 1.29 is 19.4 Å². The Morgan fingerprint density at radius 3 is 2.89 bits per heavy atom. The Labute approximate surface area is 106 Å². The van der Waals surface area contributed by atoms with Gasteiger partial charge in [0.25, 0.3) is 0 Å². The number of amides is 1. The fourth-order valence-corrected chi connectivity index (χ4v) is 2.76. The van der Waals surface area contributed by atoms with Gasteiger partial charge in [0.15, 0.2) is 0 Å². The van der Waals surface area contributed by atoms with Crippen LogP contribution in [0.1, 0.15) is 19.8 Å². The molecule has 6 heteroatoms. The molecule has 2 fully saturated rings. The molecule has 0 radical (unpaired) electrons. The molecule has 0 aliphatic carbocycles. The van der Waals surface area contributed by atoms with Crippen molar-refractivity contribution in [2.75, 3.05) is 26.3 Å². The molecule has 0 saturated carbocycles. The zero-order valence-corrected chi connectivity index (χ0v) is 10.6. The number of hydrogen-bond acceptors (Lipinski definition) is 4. The van der Waals surface area contributed by atoms with E-state index < -0.39 is 12.0 Å². The molecule has 3 atom stereocenters. The summed E-state index contributed by atoms with van der Waals surface area (Å²) < 4.78 is 5.34. The van der Waals surface area contributed by atoms with E-state index in [0.29, 0.717) is 26.2 Å². The van der Waals surface area contributed by atoms with Crippen LogP contribution in [0.4, 0.5) is 0 Å². The van der Waals surface area contributed by atoms with Gasteiger partial charge >= 0.3 is 5.97 Å². The van der Waals surface area contributed by atoms with Gasteiger partial charge in [-0.15, -0.1) is 0 Å². The van der Waals surface area contributed by atoms with Gasteiger partial charge in [-0.2, -0.15) is 0 Å². The van der Waals surface area contributed by atoms with Crippen LogP contribution in [0.15, 0.2) is 0 Å². The van der Waals surface area contributed by atoms with Gasteiger partial charge < -0.3 is 20.1 Å². The molecule has 2 N–H and O–H groups in total. The average molecular weight is 256 g/mol. The molecule has 2 heterocycles. The number of ether oxygens (including phenoxy) is 1. The van der Waals surface area contributed by atoms with E-state index >= 15 is 0 Å². The van der Waals surface area contributed by atoms with Gasteiger partial charge in [-0.3, -0.25) is 4.79 Å². The van der Waals surface area contributed by atoms with Crippen LogP contribution < -0.4 is 5.32 Å². The highest BCUT2D eigenvalue weighted by atomic mass is 16.5. The highest BCUT2D eigenvalue weighted by Crippen LogP contribution is 2.24. The zero-order chi connectivity index (χ0) is 13.1. The van der Waals surface area contributed by atoms with E-state index in [0.717, 1.165) is 13.0 Å². The minimum Gasteiger partial charge on any atom is -0.480 e. The molecule has 2 aliphatic heterocycles. The topological polar surface area (TPSA) is 78.9 Å². The zero-order valence-electron chi connectivity index (χ0n) is 10.6. The van der Waals surface area contributed by atoms with E-state index in [4.69, 9.17) is 9.84 Å². The van der Waals surface area contributed by atoms with Crippen molar-refractivity contribution in [2.24, 2.45) is 5.92 Å². The Morgan fingerprint density at radius 2 is 2.22 bits per heavy atom. The van der Waals surface area contributed by atoms with Crippen LogP contribution in [0.5, 0.6) is 0 Å². The molecule has 2 aliphatic rings. The molecule has 2 saturated heterocycles. The standard InChI is InChI=1S/C12H20N2O4/c1-2-13-9-7-18-6-8(9)11(15)14-5-3-4-10(14)12(16)17/h8-10,13H,2-7H2,1H3,(H,16,17)/t8?,9?,10-/m0/s1. The number of carboxylic acid groups (broad SMARTS) is 1. The minimum atomic E-state index is -0.903. The van der Waals surface area contributed by atoms with E-state index in [1.54, 1.807) is 0 Å². The molecule has 0 aromatic carbocycles. The number of rotatable bonds is 4. The number of carboxylic acids is 1. The Hall–Kier alpha value is -1.14. The minimum absolute atomic E-state index is 0.0116. The summed E-state index contributed by atoms with van der Waals surface area (Å²) in [5, 5.41) is 12.3. The lowest BCUT2D eigenvalue weighted by molar-refractivity contribution is -0.150. The van der Waals surface area contributed by atoms with Crippen LogP contribution in [0.2, 0.25) is 0 Å². The largest absolute Gasteiger partial charge is 0.480 e. The summed E-state index contributed by atoms with van der Waals surface area (Å²) >= 11 is 0. The van der Waals surface area contributed by atoms with E-state index in [1.807, 2.05) is 6.92 Å². The molecule has 2 unspecified atom stereocenters. The van der Waals surface area contributed by atoms with Gasteiger partial charge in [-0.1, -0.05) is 6.92 Å². The Balaban J connectivity index is 2.03. The number of carbonyl (C=O) groups is 2. The molecule has 0 bridgehead atoms. The van der Waals surface area contributed by atoms with Gasteiger partial charge in [-0.05, 0) is 19.4 Å². The predicted molar refractivity (Wildman–Crippen MR) is 64.1 cm³/mol. The number of carbonyl (C=O) groups excluding carboxylic acids is 1. The maximum absolute atomic E-state index is 12.4. The second-order valence-electron chi connectivity index (χ2n) is 4.84. The molecule has 6 nitrogen and oxygen atoms in total. The van der Waals surface area contributed by atoms with Gasteiger partial charge in [0.05, 0.1) is 19.1 Å². The monoisotopic (exact) mass is 256 g/mol. The quantitative estimate of drug-likeness (QED) is 0.721. The third kappa shape index (κ3) is 2.49. The fourth-order valence-electron chi connectivity index (χ4n) is 2.76. The summed E-state index contributed by atoms with van der Waals surface area (Å²) in [5.74, 6) is -1.23. The van der Waals surface area contributed by atoms with Gasteiger partial charge in [-0.25, -0.2) is 4.79 Å². The van der Waals surface area contributed by atoms with E-state index in [1.165, 1.54) is 4.90 Å². The SMILES string of the molecule is CCNC1COCC1C(=O)N1CCC[C@H]1C(=O)O. The maximum atomic E-state index is 12.4. The molecule has 2 rings (SSSR count). The summed E-state index contributed by atoms with van der Waals surface area (Å²) in [6.45, 7) is 4.22. The van der Waals surface area contributed by atoms with Gasteiger partial charge in [0.2, 0.25) is 5.91 Å². The second-order valence-corrected chi connectivity index (χ2v) is 4.84. The normalized spacial score (nSPS) is 31.8. The summed E-state index contributed by atoms with van der Waals surface area (Å²) in [6, 6.07) is -0.641. The number of nitrogens with one attached hydrogen (secondary N) is 1. The first-order valence-electron chi connectivity index (χ1n) is 6.49. The first-order valence-corrected chi connectivity index (χ1v) is 6.49. The van der Waals surface area contributed by atoms with Crippen LogP contribution in [-0.4, -0.2) is 60.3 Å². The number of nitrogens with zero attached hydrogens (tertiary/aromatic N) is 1. The fraction of sp³-hybridized carbons (Fsp3) is 0.833. The van der Waals surface area contributed by atoms with Crippen LogP contribution in [-0.2, 0) is 14.3 Å². The molecule has 1 amide bonds. The first kappa shape index (κ1) is 13.3. The highest BCUT2D eigenvalue weighted by Gasteiger charge is 2.41. The van der Waals surface area contributed by atoms with Crippen molar-refractivity contribution in [3.05, 3.63) is 0 Å². The summed E-state index contributed by atoms with van der Waals surface area (Å²) in [7, 11) is 0. The molecule has 102 valence electrons. The lowest BCUT2D eigenvalue weighted by Gasteiger charge is -2.27. The Kier molecular flexibility index (Phi) is 4.19. The highest BCUT2D eigenvalue weighted by molar-refractivity contribution is 5.86. The first-order chi connectivity index (χ1) is 8.65. The van der Waals surface area contributed by atoms with Crippen LogP contribution in [0, 0.1) is 5.92 Å². The smallest absolute Gasteiger partial charge is 0.326 e. The molecule has 0 spiro atoms. The van der Waals surface area contributed by atoms with Crippen molar-refractivity contribution in [3.63, 3.8) is 0 Å². The van der Waals surface area contributed by atoms with Crippen molar-refractivity contribution in [1.82, 2.24) is 10.2 Å². The van der Waals surface area contributed by atoms with Crippen molar-refractivity contribution in [1.29, 1.82) is 0 Å². The van der Waals surface area contributed by atoms with E-state index in [9.17, 15) is 9.59 Å². The van der Waals surface area contributed by atoms with E-state index in [-0.39, 0.29) is 17.9 Å². The predicted octanol–water partition coefficient (Wildman–Crippen LogP) is -0.313. The maximum Gasteiger partial charge on any atom is 0.326 e. The second kappa shape index (κ2) is 5.67.